The van der Waals surface area contributed by atoms with Crippen molar-refractivity contribution < 1.29 is 28.2 Å². The van der Waals surface area contributed by atoms with Crippen LogP contribution in [-0.2, 0) is 0 Å². The zero-order valence-electron chi connectivity index (χ0n) is 14.9. The van der Waals surface area contributed by atoms with Crippen LogP contribution in [0.5, 0.6) is 5.75 Å². The van der Waals surface area contributed by atoms with E-state index in [0.717, 1.165) is 12.1 Å². The predicted molar refractivity (Wildman–Crippen MR) is 91.0 cm³/mol. The number of amides is 1. The number of piperidine rings is 1. The summed E-state index contributed by atoms with van der Waals surface area (Å²) in [4.78, 5) is 25.3. The van der Waals surface area contributed by atoms with Crippen LogP contribution >= 0.6 is 0 Å². The van der Waals surface area contributed by atoms with Gasteiger partial charge in [-0.1, -0.05) is 0 Å². The number of ether oxygens (including phenoxy) is 1. The minimum absolute atomic E-state index is 0.0681. The van der Waals surface area contributed by atoms with E-state index in [4.69, 9.17) is 9.84 Å². The number of carboxylic acid groups (broad SMARTS) is 1. The molecule has 27 heavy (non-hydrogen) atoms. The predicted octanol–water partition coefficient (Wildman–Crippen LogP) is 2.65. The largest absolute Gasteiger partial charge is 0.493 e. The van der Waals surface area contributed by atoms with E-state index in [1.807, 2.05) is 0 Å². The molecule has 1 N–H and O–H groups in total. The Balaban J connectivity index is 1.76. The highest BCUT2D eigenvalue weighted by atomic mass is 19.1. The molecule has 1 aromatic heterocycles. The molecular formula is C18H19F2N3O4. The van der Waals surface area contributed by atoms with Gasteiger partial charge in [-0.15, -0.1) is 0 Å². The van der Waals surface area contributed by atoms with Crippen molar-refractivity contribution in [2.45, 2.75) is 25.8 Å². The second-order valence-corrected chi connectivity index (χ2v) is 6.35. The van der Waals surface area contributed by atoms with E-state index in [2.05, 4.69) is 5.10 Å². The normalized spacial score (nSPS) is 15.0. The Morgan fingerprint density at radius 2 is 1.85 bits per heavy atom. The van der Waals surface area contributed by atoms with Gasteiger partial charge in [0.15, 0.2) is 11.6 Å². The average molecular weight is 379 g/mol. The van der Waals surface area contributed by atoms with E-state index in [1.54, 1.807) is 11.6 Å². The van der Waals surface area contributed by atoms with Gasteiger partial charge in [0.1, 0.15) is 16.9 Å². The number of benzene rings is 1. The number of aromatic carboxylic acids is 1. The van der Waals surface area contributed by atoms with Crippen LogP contribution in [0.25, 0.3) is 0 Å². The smallest absolute Gasteiger partial charge is 0.339 e. The fourth-order valence-electron chi connectivity index (χ4n) is 3.41. The summed E-state index contributed by atoms with van der Waals surface area (Å²) in [5.41, 5.74) is 0.268. The van der Waals surface area contributed by atoms with Crippen molar-refractivity contribution in [1.29, 1.82) is 0 Å². The Labute approximate surface area is 154 Å². The summed E-state index contributed by atoms with van der Waals surface area (Å²) >= 11 is 0. The molecule has 1 fully saturated rings. The summed E-state index contributed by atoms with van der Waals surface area (Å²) in [5, 5.41) is 13.3. The zero-order chi connectivity index (χ0) is 19.7. The molecule has 7 nitrogen and oxygen atoms in total. The maximum atomic E-state index is 14.1. The monoisotopic (exact) mass is 379 g/mol. The number of rotatable bonds is 4. The Hall–Kier alpha value is -2.97. The molecule has 1 amide bonds. The molecule has 144 valence electrons. The summed E-state index contributed by atoms with van der Waals surface area (Å²) in [6.07, 6.45) is 2.35. The lowest BCUT2D eigenvalue weighted by atomic mass is 10.0. The van der Waals surface area contributed by atoms with E-state index in [9.17, 15) is 18.4 Å². The molecule has 2 aromatic rings. The number of aromatic nitrogens is 2. The van der Waals surface area contributed by atoms with Crippen LogP contribution in [0.2, 0.25) is 0 Å². The highest BCUT2D eigenvalue weighted by molar-refractivity contribution is 5.97. The maximum absolute atomic E-state index is 14.1. The second-order valence-electron chi connectivity index (χ2n) is 6.35. The molecular weight excluding hydrogens is 360 g/mol. The van der Waals surface area contributed by atoms with E-state index >= 15 is 0 Å². The number of hydrogen-bond donors (Lipinski definition) is 1. The minimum atomic E-state index is -1.04. The summed E-state index contributed by atoms with van der Waals surface area (Å²) in [6, 6.07) is 1.75. The third-order valence-corrected chi connectivity index (χ3v) is 4.85. The molecule has 0 radical (unpaired) electrons. The Bertz CT molecular complexity index is 889. The molecule has 0 saturated carbocycles. The van der Waals surface area contributed by atoms with Crippen molar-refractivity contribution in [3.63, 3.8) is 0 Å². The topological polar surface area (TPSA) is 84.7 Å². The Morgan fingerprint density at radius 1 is 1.22 bits per heavy atom. The van der Waals surface area contributed by atoms with E-state index in [0.29, 0.717) is 31.6 Å². The van der Waals surface area contributed by atoms with E-state index < -0.39 is 34.8 Å². The van der Waals surface area contributed by atoms with Crippen LogP contribution in [0.1, 0.15) is 45.3 Å². The summed E-state index contributed by atoms with van der Waals surface area (Å²) in [5.74, 6) is -3.72. The van der Waals surface area contributed by atoms with Gasteiger partial charge in [0.2, 0.25) is 0 Å². The molecule has 3 rings (SSSR count). The number of carbonyl (C=O) groups excluding carboxylic acids is 1. The van der Waals surface area contributed by atoms with Gasteiger partial charge in [0.25, 0.3) is 5.91 Å². The molecule has 1 saturated heterocycles. The van der Waals surface area contributed by atoms with Gasteiger partial charge in [-0.25, -0.2) is 13.6 Å². The van der Waals surface area contributed by atoms with Crippen molar-refractivity contribution in [2.24, 2.45) is 0 Å². The molecule has 0 unspecified atom stereocenters. The average Bonchev–Trinajstić information content (AvgIpc) is 3.04. The van der Waals surface area contributed by atoms with Crippen LogP contribution in [0.3, 0.4) is 0 Å². The van der Waals surface area contributed by atoms with Gasteiger partial charge in [0, 0.05) is 13.1 Å². The number of methoxy groups -OCH3 is 1. The summed E-state index contributed by atoms with van der Waals surface area (Å²) in [6.45, 7) is 2.30. The maximum Gasteiger partial charge on any atom is 0.339 e. The lowest BCUT2D eigenvalue weighted by Crippen LogP contribution is -2.40. The second kappa shape index (κ2) is 7.34. The first-order valence-corrected chi connectivity index (χ1v) is 8.43. The lowest BCUT2D eigenvalue weighted by molar-refractivity contribution is 0.0679. The third-order valence-electron chi connectivity index (χ3n) is 4.85. The first-order chi connectivity index (χ1) is 12.8. The van der Waals surface area contributed by atoms with Gasteiger partial charge in [-0.3, -0.25) is 9.48 Å². The molecule has 9 heteroatoms. The summed E-state index contributed by atoms with van der Waals surface area (Å²) in [7, 11) is 1.18. The van der Waals surface area contributed by atoms with E-state index in [1.165, 1.54) is 18.2 Å². The zero-order valence-corrected chi connectivity index (χ0v) is 14.9. The van der Waals surface area contributed by atoms with Crippen molar-refractivity contribution in [3.8, 4) is 5.75 Å². The number of hydrogen-bond acceptors (Lipinski definition) is 4. The van der Waals surface area contributed by atoms with Crippen molar-refractivity contribution in [1.82, 2.24) is 14.7 Å². The first kappa shape index (κ1) is 18.8. The van der Waals surface area contributed by atoms with Crippen LogP contribution in [0.15, 0.2) is 18.3 Å². The molecule has 0 atom stereocenters. The Morgan fingerprint density at radius 3 is 2.41 bits per heavy atom. The molecule has 1 aliphatic rings. The van der Waals surface area contributed by atoms with Crippen molar-refractivity contribution >= 4 is 11.9 Å². The van der Waals surface area contributed by atoms with Gasteiger partial charge in [-0.05, 0) is 31.9 Å². The molecule has 1 aliphatic heterocycles. The number of likely N-dealkylation sites (tertiary alicyclic amines) is 1. The fraction of sp³-hybridized carbons (Fsp3) is 0.389. The number of nitrogens with zero attached hydrogens (tertiary/aromatic N) is 3. The number of carboxylic acids is 1. The number of carbonyl (C=O) groups is 2. The van der Waals surface area contributed by atoms with Crippen LogP contribution in [0, 0.1) is 18.6 Å². The quantitative estimate of drug-likeness (QED) is 0.883. The van der Waals surface area contributed by atoms with Crippen molar-refractivity contribution in [2.75, 3.05) is 20.2 Å². The minimum Gasteiger partial charge on any atom is -0.493 e. The fourth-order valence-corrected chi connectivity index (χ4v) is 3.41. The Kier molecular flexibility index (Phi) is 5.11. The highest BCUT2D eigenvalue weighted by Gasteiger charge is 2.30. The van der Waals surface area contributed by atoms with Gasteiger partial charge in [0.05, 0.1) is 25.0 Å². The van der Waals surface area contributed by atoms with Gasteiger partial charge >= 0.3 is 5.97 Å². The van der Waals surface area contributed by atoms with Gasteiger partial charge in [-0.2, -0.15) is 5.10 Å². The van der Waals surface area contributed by atoms with Crippen molar-refractivity contribution in [3.05, 3.63) is 46.8 Å². The standard InChI is InChI=1S/C18H19F2N3O4/c1-10-12(18(25)26)9-21-23(10)11-5-7-22(8-6-11)17(24)15-13(19)3-4-14(20)16(15)27-2/h3-4,9,11H,5-8H2,1-2H3,(H,25,26). The summed E-state index contributed by atoms with van der Waals surface area (Å²) < 4.78 is 34.5. The van der Waals surface area contributed by atoms with Crippen LogP contribution in [0.4, 0.5) is 8.78 Å². The molecule has 0 spiro atoms. The molecule has 1 aromatic carbocycles. The molecule has 0 aliphatic carbocycles. The first-order valence-electron chi connectivity index (χ1n) is 8.43. The molecule has 0 bridgehead atoms. The van der Waals surface area contributed by atoms with Crippen LogP contribution in [-0.4, -0.2) is 51.9 Å². The third kappa shape index (κ3) is 3.36. The SMILES string of the molecule is COc1c(F)ccc(F)c1C(=O)N1CCC(n2ncc(C(=O)O)c2C)CC1. The highest BCUT2D eigenvalue weighted by Crippen LogP contribution is 2.30. The van der Waals surface area contributed by atoms with Gasteiger partial charge < -0.3 is 14.7 Å². The lowest BCUT2D eigenvalue weighted by Gasteiger charge is -2.33. The number of halogens is 2. The van der Waals surface area contributed by atoms with E-state index in [-0.39, 0.29) is 11.6 Å². The molecule has 2 heterocycles. The van der Waals surface area contributed by atoms with Crippen LogP contribution < -0.4 is 4.74 Å².